The second-order valence-corrected chi connectivity index (χ2v) is 7.15. The zero-order valence-corrected chi connectivity index (χ0v) is 16.0. The van der Waals surface area contributed by atoms with Crippen LogP contribution in [0.3, 0.4) is 0 Å². The molecule has 5 nitrogen and oxygen atoms in total. The van der Waals surface area contributed by atoms with Crippen molar-refractivity contribution in [1.82, 2.24) is 15.5 Å². The molecule has 2 aliphatic rings. The SMILES string of the molecule is Cl.O=C(NCC1CCCN(C(=O)Cc2ccc(F)cc2F)C1)C1CCCN1. The lowest BCUT2D eigenvalue weighted by Gasteiger charge is -2.33. The number of amides is 2. The van der Waals surface area contributed by atoms with Crippen LogP contribution in [0.1, 0.15) is 31.2 Å². The number of hydrogen-bond acceptors (Lipinski definition) is 3. The molecule has 2 heterocycles. The summed E-state index contributed by atoms with van der Waals surface area (Å²) in [5.41, 5.74) is 0.208. The van der Waals surface area contributed by atoms with Gasteiger partial charge in [0.15, 0.2) is 0 Å². The second-order valence-electron chi connectivity index (χ2n) is 7.15. The van der Waals surface area contributed by atoms with Crippen LogP contribution in [0.25, 0.3) is 0 Å². The van der Waals surface area contributed by atoms with Crippen LogP contribution in [0.4, 0.5) is 8.78 Å². The average Bonchev–Trinajstić information content (AvgIpc) is 3.17. The van der Waals surface area contributed by atoms with Gasteiger partial charge in [-0.05, 0) is 49.8 Å². The van der Waals surface area contributed by atoms with E-state index < -0.39 is 11.6 Å². The number of piperidine rings is 1. The first kappa shape index (κ1) is 21.6. The van der Waals surface area contributed by atoms with Crippen molar-refractivity contribution in [2.45, 2.75) is 38.1 Å². The second kappa shape index (κ2) is 9.99. The molecule has 0 saturated carbocycles. The van der Waals surface area contributed by atoms with E-state index in [4.69, 9.17) is 0 Å². The minimum Gasteiger partial charge on any atom is -0.354 e. The zero-order valence-electron chi connectivity index (χ0n) is 15.2. The van der Waals surface area contributed by atoms with Crippen LogP contribution in [-0.2, 0) is 16.0 Å². The summed E-state index contributed by atoms with van der Waals surface area (Å²) in [6.45, 7) is 2.62. The smallest absolute Gasteiger partial charge is 0.237 e. The molecule has 1 aromatic carbocycles. The molecule has 2 N–H and O–H groups in total. The molecule has 1 aromatic rings. The topological polar surface area (TPSA) is 61.4 Å². The summed E-state index contributed by atoms with van der Waals surface area (Å²) in [5, 5.41) is 6.15. The van der Waals surface area contributed by atoms with Gasteiger partial charge in [0.2, 0.25) is 11.8 Å². The minimum absolute atomic E-state index is 0. The average molecular weight is 402 g/mol. The van der Waals surface area contributed by atoms with Crippen LogP contribution in [0.15, 0.2) is 18.2 Å². The number of carbonyl (C=O) groups excluding carboxylic acids is 2. The van der Waals surface area contributed by atoms with Gasteiger partial charge in [-0.1, -0.05) is 6.07 Å². The number of hydrogen-bond donors (Lipinski definition) is 2. The van der Waals surface area contributed by atoms with Crippen LogP contribution >= 0.6 is 12.4 Å². The third-order valence-electron chi connectivity index (χ3n) is 5.17. The van der Waals surface area contributed by atoms with E-state index >= 15 is 0 Å². The number of likely N-dealkylation sites (tertiary alicyclic amines) is 1. The summed E-state index contributed by atoms with van der Waals surface area (Å²) < 4.78 is 26.7. The van der Waals surface area contributed by atoms with Crippen molar-refractivity contribution in [2.24, 2.45) is 5.92 Å². The Hall–Kier alpha value is -1.73. The Bertz CT molecular complexity index is 668. The molecule has 0 radical (unpaired) electrons. The molecule has 8 heteroatoms. The molecular formula is C19H26ClF2N3O2. The van der Waals surface area contributed by atoms with Crippen LogP contribution in [0.2, 0.25) is 0 Å². The van der Waals surface area contributed by atoms with Gasteiger partial charge in [-0.2, -0.15) is 0 Å². The molecule has 2 unspecified atom stereocenters. The molecule has 2 aliphatic heterocycles. The normalized spacial score (nSPS) is 22.2. The molecule has 2 atom stereocenters. The van der Waals surface area contributed by atoms with Gasteiger partial charge in [0.1, 0.15) is 11.6 Å². The predicted octanol–water partition coefficient (Wildman–Crippen LogP) is 2.04. The van der Waals surface area contributed by atoms with Crippen LogP contribution in [-0.4, -0.2) is 48.9 Å². The fraction of sp³-hybridized carbons (Fsp3) is 0.579. The van der Waals surface area contributed by atoms with Crippen LogP contribution in [0.5, 0.6) is 0 Å². The Morgan fingerprint density at radius 3 is 2.74 bits per heavy atom. The number of rotatable bonds is 5. The van der Waals surface area contributed by atoms with Gasteiger partial charge in [-0.15, -0.1) is 12.4 Å². The van der Waals surface area contributed by atoms with Gasteiger partial charge in [-0.3, -0.25) is 9.59 Å². The van der Waals surface area contributed by atoms with E-state index in [0.717, 1.165) is 44.4 Å². The Morgan fingerprint density at radius 2 is 2.04 bits per heavy atom. The van der Waals surface area contributed by atoms with Gasteiger partial charge in [0, 0.05) is 25.7 Å². The van der Waals surface area contributed by atoms with E-state index in [1.165, 1.54) is 6.07 Å². The molecule has 2 amide bonds. The van der Waals surface area contributed by atoms with E-state index in [2.05, 4.69) is 10.6 Å². The molecule has 0 spiro atoms. The largest absolute Gasteiger partial charge is 0.354 e. The van der Waals surface area contributed by atoms with Gasteiger partial charge >= 0.3 is 0 Å². The molecule has 0 aliphatic carbocycles. The highest BCUT2D eigenvalue weighted by atomic mass is 35.5. The first-order chi connectivity index (χ1) is 12.5. The quantitative estimate of drug-likeness (QED) is 0.793. The fourth-order valence-corrected chi connectivity index (χ4v) is 3.67. The number of benzene rings is 1. The summed E-state index contributed by atoms with van der Waals surface area (Å²) in [5.74, 6) is -1.27. The Kier molecular flexibility index (Phi) is 7.98. The van der Waals surface area contributed by atoms with Crippen LogP contribution < -0.4 is 10.6 Å². The van der Waals surface area contributed by atoms with E-state index in [1.807, 2.05) is 0 Å². The highest BCUT2D eigenvalue weighted by Gasteiger charge is 2.26. The van der Waals surface area contributed by atoms with Crippen molar-refractivity contribution < 1.29 is 18.4 Å². The standard InChI is InChI=1S/C19H25F2N3O2.ClH/c20-15-6-5-14(16(21)10-15)9-18(25)24-8-2-3-13(12-24)11-23-19(26)17-4-1-7-22-17;/h5-6,10,13,17,22H,1-4,7-9,11-12H2,(H,23,26);1H. The van der Waals surface area contributed by atoms with E-state index in [1.54, 1.807) is 4.90 Å². The molecular weight excluding hydrogens is 376 g/mol. The molecule has 3 rings (SSSR count). The van der Waals surface area contributed by atoms with Gasteiger partial charge in [0.05, 0.1) is 12.5 Å². The minimum atomic E-state index is -0.691. The third kappa shape index (κ3) is 5.87. The molecule has 2 fully saturated rings. The van der Waals surface area contributed by atoms with Gasteiger partial charge in [-0.25, -0.2) is 8.78 Å². The lowest BCUT2D eigenvalue weighted by molar-refractivity contribution is -0.132. The summed E-state index contributed by atoms with van der Waals surface area (Å²) >= 11 is 0. The van der Waals surface area contributed by atoms with Crippen LogP contribution in [0, 0.1) is 17.6 Å². The molecule has 150 valence electrons. The predicted molar refractivity (Wildman–Crippen MR) is 101 cm³/mol. The first-order valence-corrected chi connectivity index (χ1v) is 9.25. The molecule has 2 saturated heterocycles. The highest BCUT2D eigenvalue weighted by Crippen LogP contribution is 2.18. The van der Waals surface area contributed by atoms with Gasteiger partial charge in [0.25, 0.3) is 0 Å². The number of nitrogens with zero attached hydrogens (tertiary/aromatic N) is 1. The summed E-state index contributed by atoms with van der Waals surface area (Å²) in [6, 6.07) is 3.18. The summed E-state index contributed by atoms with van der Waals surface area (Å²) in [4.78, 5) is 26.3. The van der Waals surface area contributed by atoms with Crippen molar-refractivity contribution in [3.8, 4) is 0 Å². The third-order valence-corrected chi connectivity index (χ3v) is 5.17. The first-order valence-electron chi connectivity index (χ1n) is 9.25. The van der Waals surface area contributed by atoms with Gasteiger partial charge < -0.3 is 15.5 Å². The molecule has 0 aromatic heterocycles. The van der Waals surface area contributed by atoms with Crippen molar-refractivity contribution in [3.63, 3.8) is 0 Å². The maximum atomic E-state index is 13.7. The Balaban J connectivity index is 0.00000261. The number of nitrogens with one attached hydrogen (secondary N) is 2. The molecule has 27 heavy (non-hydrogen) atoms. The van der Waals surface area contributed by atoms with E-state index in [0.29, 0.717) is 19.6 Å². The van der Waals surface area contributed by atoms with Crippen molar-refractivity contribution in [2.75, 3.05) is 26.2 Å². The monoisotopic (exact) mass is 401 g/mol. The Morgan fingerprint density at radius 1 is 1.22 bits per heavy atom. The lowest BCUT2D eigenvalue weighted by Crippen LogP contribution is -2.47. The fourth-order valence-electron chi connectivity index (χ4n) is 3.67. The Labute approximate surface area is 164 Å². The van der Waals surface area contributed by atoms with Crippen molar-refractivity contribution in [3.05, 3.63) is 35.4 Å². The van der Waals surface area contributed by atoms with Crippen molar-refractivity contribution >= 4 is 24.2 Å². The molecule has 0 bridgehead atoms. The summed E-state index contributed by atoms with van der Waals surface area (Å²) in [7, 11) is 0. The summed E-state index contributed by atoms with van der Waals surface area (Å²) in [6.07, 6.45) is 3.62. The highest BCUT2D eigenvalue weighted by molar-refractivity contribution is 5.85. The van der Waals surface area contributed by atoms with Crippen molar-refractivity contribution in [1.29, 1.82) is 0 Å². The maximum absolute atomic E-state index is 13.7. The number of halogens is 3. The van der Waals surface area contributed by atoms with E-state index in [-0.39, 0.29) is 48.2 Å². The maximum Gasteiger partial charge on any atom is 0.237 e. The number of carbonyl (C=O) groups is 2. The lowest BCUT2D eigenvalue weighted by atomic mass is 9.97. The zero-order chi connectivity index (χ0) is 18.5. The van der Waals surface area contributed by atoms with E-state index in [9.17, 15) is 18.4 Å².